The molecular formula is C56H50N2O4+2. The maximum absolute atomic E-state index is 5.47. The first-order valence-electron chi connectivity index (χ1n) is 21.1. The Hall–Kier alpha value is -7.12. The summed E-state index contributed by atoms with van der Waals surface area (Å²) in [4.78, 5) is 4.52. The first kappa shape index (κ1) is 40.3. The van der Waals surface area contributed by atoms with Crippen molar-refractivity contribution >= 4 is 34.1 Å². The normalized spacial score (nSPS) is 12.2. The fourth-order valence-corrected chi connectivity index (χ4v) is 8.49. The number of aryl methyl sites for hydroxylation is 4. The van der Waals surface area contributed by atoms with Crippen molar-refractivity contribution in [2.75, 3.05) is 28.4 Å². The van der Waals surface area contributed by atoms with Crippen molar-refractivity contribution in [1.29, 1.82) is 0 Å². The highest BCUT2D eigenvalue weighted by Crippen LogP contribution is 2.40. The molecule has 2 radical (unpaired) electrons. The third-order valence-corrected chi connectivity index (χ3v) is 11.9. The van der Waals surface area contributed by atoms with E-state index >= 15 is 0 Å². The first-order valence-corrected chi connectivity index (χ1v) is 21.1. The summed E-state index contributed by atoms with van der Waals surface area (Å²) >= 11 is 0. The Labute approximate surface area is 365 Å². The molecule has 4 aliphatic carbocycles. The molecule has 0 atom stereocenters. The van der Waals surface area contributed by atoms with Crippen LogP contribution in [0.1, 0.15) is 22.3 Å². The van der Waals surface area contributed by atoms with E-state index in [1.54, 1.807) is 28.4 Å². The van der Waals surface area contributed by atoms with Gasteiger partial charge in [-0.2, -0.15) is 0 Å². The van der Waals surface area contributed by atoms with Gasteiger partial charge >= 0.3 is 0 Å². The van der Waals surface area contributed by atoms with Crippen LogP contribution in [0.2, 0.25) is 0 Å². The average molecular weight is 815 g/mol. The summed E-state index contributed by atoms with van der Waals surface area (Å²) in [5.74, 6) is 3.30. The second-order valence-electron chi connectivity index (χ2n) is 15.5. The smallest absolute Gasteiger partial charge is 0.192 e. The van der Waals surface area contributed by atoms with Crippen molar-refractivity contribution in [3.05, 3.63) is 204 Å². The molecule has 4 aliphatic rings. The number of rotatable bonds is 12. The van der Waals surface area contributed by atoms with Crippen LogP contribution in [0.4, 0.5) is 34.1 Å². The third kappa shape index (κ3) is 8.57. The molecule has 6 heteroatoms. The van der Waals surface area contributed by atoms with Crippen LogP contribution in [-0.4, -0.2) is 28.4 Å². The van der Waals surface area contributed by atoms with E-state index in [-0.39, 0.29) is 0 Å². The van der Waals surface area contributed by atoms with Crippen LogP contribution >= 0.6 is 0 Å². The Morgan fingerprint density at radius 3 is 0.806 bits per heavy atom. The largest absolute Gasteiger partial charge is 0.497 e. The standard InChI is InChI=1S/C56H50N2O4/c1-59-51-29-21-47(22-30-51)57(48-23-31-52(60-2)32-24-48)45-17-13-43(14-18-45)55-37-39-5-9-41(55)11-7-40-6-10-42(12-8-39)56(38-40)44-15-19-46(20-16-44)58(49-25-33-53(61-3)34-26-49)50-27-35-54(62-4)36-28-50/h5-6,9-10,13-38H,7-8,11-12H2,1-4H3/q+2. The van der Waals surface area contributed by atoms with Crippen molar-refractivity contribution < 1.29 is 18.9 Å². The fraction of sp³-hybridized carbons (Fsp3) is 0.143. The predicted octanol–water partition coefficient (Wildman–Crippen LogP) is 13.8. The second kappa shape index (κ2) is 18.2. The van der Waals surface area contributed by atoms with Crippen LogP contribution in [-0.2, 0) is 25.7 Å². The van der Waals surface area contributed by atoms with Gasteiger partial charge in [-0.1, -0.05) is 46.2 Å². The molecule has 12 rings (SSSR count). The third-order valence-electron chi connectivity index (χ3n) is 11.9. The highest BCUT2D eigenvalue weighted by molar-refractivity contribution is 5.75. The zero-order chi connectivity index (χ0) is 42.4. The van der Waals surface area contributed by atoms with E-state index in [0.29, 0.717) is 0 Å². The van der Waals surface area contributed by atoms with E-state index in [0.717, 1.165) is 82.8 Å². The topological polar surface area (TPSA) is 48.7 Å². The minimum atomic E-state index is 0.825. The van der Waals surface area contributed by atoms with Crippen molar-refractivity contribution in [2.24, 2.45) is 0 Å². The van der Waals surface area contributed by atoms with E-state index in [9.17, 15) is 0 Å². The summed E-state index contributed by atoms with van der Waals surface area (Å²) in [5.41, 5.74) is 16.8. The minimum Gasteiger partial charge on any atom is -0.497 e. The molecule has 0 saturated carbocycles. The van der Waals surface area contributed by atoms with Gasteiger partial charge in [0.25, 0.3) is 0 Å². The molecule has 0 N–H and O–H groups in total. The molecule has 0 heterocycles. The van der Waals surface area contributed by atoms with Gasteiger partial charge in [0.15, 0.2) is 34.1 Å². The monoisotopic (exact) mass is 814 g/mol. The van der Waals surface area contributed by atoms with Gasteiger partial charge in [-0.25, -0.2) is 0 Å². The quantitative estimate of drug-likeness (QED) is 0.115. The lowest BCUT2D eigenvalue weighted by Gasteiger charge is -2.18. The number of hydrogen-bond acceptors (Lipinski definition) is 6. The lowest BCUT2D eigenvalue weighted by molar-refractivity contribution is 0.414. The average Bonchev–Trinajstić information content (AvgIpc) is 3.33. The zero-order valence-electron chi connectivity index (χ0n) is 35.7. The summed E-state index contributed by atoms with van der Waals surface area (Å²) in [7, 11) is 6.78. The van der Waals surface area contributed by atoms with Crippen molar-refractivity contribution in [1.82, 2.24) is 9.80 Å². The van der Waals surface area contributed by atoms with E-state index in [4.69, 9.17) is 18.9 Å². The van der Waals surface area contributed by atoms with Crippen LogP contribution < -0.4 is 28.7 Å². The van der Waals surface area contributed by atoms with Crippen LogP contribution in [0, 0.1) is 0 Å². The minimum absolute atomic E-state index is 0.825. The number of benzene rings is 8. The van der Waals surface area contributed by atoms with Gasteiger partial charge in [-0.15, -0.1) is 0 Å². The zero-order valence-corrected chi connectivity index (χ0v) is 35.7. The van der Waals surface area contributed by atoms with E-state index in [2.05, 4.69) is 143 Å². The van der Waals surface area contributed by atoms with E-state index in [1.807, 2.05) is 48.5 Å². The van der Waals surface area contributed by atoms with Gasteiger partial charge in [0.1, 0.15) is 23.0 Å². The summed E-state index contributed by atoms with van der Waals surface area (Å²) in [5, 5.41) is 0. The molecule has 0 aromatic heterocycles. The number of hydrogen-bond donors (Lipinski definition) is 0. The predicted molar refractivity (Wildman–Crippen MR) is 253 cm³/mol. The van der Waals surface area contributed by atoms with Crippen molar-refractivity contribution in [3.63, 3.8) is 0 Å². The van der Waals surface area contributed by atoms with Crippen LogP contribution in [0.3, 0.4) is 0 Å². The Kier molecular flexibility index (Phi) is 11.9. The molecule has 0 saturated heterocycles. The highest BCUT2D eigenvalue weighted by Gasteiger charge is 2.28. The van der Waals surface area contributed by atoms with Crippen molar-refractivity contribution in [2.45, 2.75) is 25.7 Å². The lowest BCUT2D eigenvalue weighted by atomic mass is 9.87. The van der Waals surface area contributed by atoms with Gasteiger partial charge in [0.2, 0.25) is 0 Å². The van der Waals surface area contributed by atoms with Gasteiger partial charge < -0.3 is 18.9 Å². The summed E-state index contributed by atoms with van der Waals surface area (Å²) in [6, 6.07) is 65.0. The fourth-order valence-electron chi connectivity index (χ4n) is 8.49. The van der Waals surface area contributed by atoms with Gasteiger partial charge in [-0.05, 0) is 143 Å². The molecule has 0 amide bonds. The first-order chi connectivity index (χ1) is 30.5. The molecular weight excluding hydrogens is 765 g/mol. The van der Waals surface area contributed by atoms with E-state index in [1.165, 1.54) is 44.5 Å². The van der Waals surface area contributed by atoms with Gasteiger partial charge in [0.05, 0.1) is 28.4 Å². The Morgan fingerprint density at radius 2 is 0.548 bits per heavy atom. The Morgan fingerprint density at radius 1 is 0.290 bits per heavy atom. The molecule has 6 nitrogen and oxygen atoms in total. The summed E-state index contributed by atoms with van der Waals surface area (Å²) in [6.07, 6.45) is 3.78. The summed E-state index contributed by atoms with van der Waals surface area (Å²) < 4.78 is 21.9. The molecule has 0 spiro atoms. The maximum atomic E-state index is 5.47. The molecule has 306 valence electrons. The molecule has 0 fully saturated rings. The Bertz CT molecular complexity index is 2460. The number of ether oxygens (including phenoxy) is 4. The van der Waals surface area contributed by atoms with E-state index < -0.39 is 0 Å². The lowest BCUT2D eigenvalue weighted by Crippen LogP contribution is -2.11. The molecule has 0 aliphatic heterocycles. The summed E-state index contributed by atoms with van der Waals surface area (Å²) in [6.45, 7) is 0. The van der Waals surface area contributed by atoms with Crippen LogP contribution in [0.25, 0.3) is 22.3 Å². The van der Waals surface area contributed by atoms with Crippen LogP contribution in [0.5, 0.6) is 23.0 Å². The molecule has 62 heavy (non-hydrogen) atoms. The van der Waals surface area contributed by atoms with Gasteiger partial charge in [-0.3, -0.25) is 0 Å². The molecule has 4 bridgehead atoms. The van der Waals surface area contributed by atoms with Crippen LogP contribution in [0.15, 0.2) is 182 Å². The number of anilines is 6. The molecule has 8 aromatic rings. The Balaban J connectivity index is 0.986. The SMILES string of the molecule is COc1ccc([N+](c2ccc(OC)cc2)c2ccc(-c3cc4ccc3CCc3ccc(c(-c5ccc([N+](c6ccc(OC)cc6)c6ccc(OC)cc6)cc5)c3)CC4)cc2)cc1. The highest BCUT2D eigenvalue weighted by atomic mass is 16.5. The number of methoxy groups -OCH3 is 4. The molecule has 0 unspecified atom stereocenters. The maximum Gasteiger partial charge on any atom is 0.192 e. The van der Waals surface area contributed by atoms with Crippen molar-refractivity contribution in [3.8, 4) is 45.3 Å². The molecule has 8 aromatic carbocycles. The second-order valence-corrected chi connectivity index (χ2v) is 15.5. The number of nitrogens with zero attached hydrogens (tertiary/aromatic N) is 2. The van der Waals surface area contributed by atoms with Gasteiger partial charge in [0, 0.05) is 72.8 Å².